The van der Waals surface area contributed by atoms with E-state index in [1.807, 2.05) is 6.92 Å². The summed E-state index contributed by atoms with van der Waals surface area (Å²) in [7, 11) is 2.25. The minimum atomic E-state index is 0.317. The molecule has 1 aromatic heterocycles. The van der Waals surface area contributed by atoms with Crippen molar-refractivity contribution in [3.63, 3.8) is 0 Å². The largest absolute Gasteiger partial charge is 0.339 e. The summed E-state index contributed by atoms with van der Waals surface area (Å²) in [5.41, 5.74) is 1.41. The van der Waals surface area contributed by atoms with Crippen LogP contribution < -0.4 is 0 Å². The molecule has 21 heavy (non-hydrogen) atoms. The standard InChI is InChI=1S/C17H21N3O/c1-11-18-17(21-19-11)16-14(12-6-4-3-5-7-12)10-13-8-9-15(16)20(13)2/h3-7,13-16H,8-10H2,1-2H3/t13-,14-,15+,16+/m1/s1. The van der Waals surface area contributed by atoms with Crippen LogP contribution in [0.5, 0.6) is 0 Å². The average molecular weight is 283 g/mol. The van der Waals surface area contributed by atoms with Crippen LogP contribution in [0.3, 0.4) is 0 Å². The monoisotopic (exact) mass is 283 g/mol. The van der Waals surface area contributed by atoms with Crippen molar-refractivity contribution in [3.05, 3.63) is 47.6 Å². The number of aromatic nitrogens is 2. The van der Waals surface area contributed by atoms with E-state index < -0.39 is 0 Å². The van der Waals surface area contributed by atoms with Crippen LogP contribution in [0.15, 0.2) is 34.9 Å². The third kappa shape index (κ3) is 2.09. The predicted molar refractivity (Wildman–Crippen MR) is 80.1 cm³/mol. The highest BCUT2D eigenvalue weighted by Crippen LogP contribution is 2.50. The summed E-state index contributed by atoms with van der Waals surface area (Å²) in [6, 6.07) is 12.0. The summed E-state index contributed by atoms with van der Waals surface area (Å²) < 4.78 is 5.57. The molecule has 0 radical (unpaired) electrons. The molecule has 0 N–H and O–H groups in total. The summed E-state index contributed by atoms with van der Waals surface area (Å²) in [5, 5.41) is 4.02. The van der Waals surface area contributed by atoms with Gasteiger partial charge in [0.1, 0.15) is 0 Å². The first-order valence-electron chi connectivity index (χ1n) is 7.81. The zero-order valence-electron chi connectivity index (χ0n) is 12.6. The van der Waals surface area contributed by atoms with Crippen LogP contribution in [0.2, 0.25) is 0 Å². The van der Waals surface area contributed by atoms with E-state index in [0.717, 1.165) is 11.7 Å². The Balaban J connectivity index is 1.77. The maximum Gasteiger partial charge on any atom is 0.231 e. The van der Waals surface area contributed by atoms with Crippen LogP contribution in [0.1, 0.15) is 48.4 Å². The van der Waals surface area contributed by atoms with E-state index in [1.54, 1.807) is 0 Å². The number of rotatable bonds is 2. The van der Waals surface area contributed by atoms with Crippen LogP contribution in [0.25, 0.3) is 0 Å². The molecule has 4 heteroatoms. The highest BCUT2D eigenvalue weighted by Gasteiger charge is 2.48. The maximum atomic E-state index is 5.57. The average Bonchev–Trinajstić information content (AvgIpc) is 3.01. The highest BCUT2D eigenvalue weighted by atomic mass is 16.5. The first-order valence-corrected chi connectivity index (χ1v) is 7.81. The molecule has 110 valence electrons. The summed E-state index contributed by atoms with van der Waals surface area (Å²) in [5.74, 6) is 2.36. The molecule has 4 rings (SSSR count). The molecule has 0 aliphatic carbocycles. The Bertz CT molecular complexity index is 624. The third-order valence-corrected chi connectivity index (χ3v) is 5.32. The summed E-state index contributed by atoms with van der Waals surface area (Å²) in [6.07, 6.45) is 3.70. The van der Waals surface area contributed by atoms with Crippen LogP contribution in [-0.2, 0) is 0 Å². The van der Waals surface area contributed by atoms with Crippen molar-refractivity contribution in [2.75, 3.05) is 7.05 Å². The van der Waals surface area contributed by atoms with Crippen LogP contribution in [0, 0.1) is 6.92 Å². The van der Waals surface area contributed by atoms with Gasteiger partial charge >= 0.3 is 0 Å². The fourth-order valence-electron chi connectivity index (χ4n) is 4.29. The molecule has 0 spiro atoms. The van der Waals surface area contributed by atoms with E-state index in [1.165, 1.54) is 24.8 Å². The fourth-order valence-corrected chi connectivity index (χ4v) is 4.29. The Morgan fingerprint density at radius 3 is 2.71 bits per heavy atom. The molecule has 2 fully saturated rings. The molecule has 4 atom stereocenters. The Kier molecular flexibility index (Phi) is 3.07. The second-order valence-electron chi connectivity index (χ2n) is 6.42. The third-order valence-electron chi connectivity index (χ3n) is 5.32. The Labute approximate surface area is 125 Å². The molecule has 2 aromatic rings. The lowest BCUT2D eigenvalue weighted by molar-refractivity contribution is 0.120. The molecular formula is C17H21N3O. The number of piperidine rings is 1. The van der Waals surface area contributed by atoms with E-state index in [2.05, 4.69) is 52.4 Å². The number of aryl methyl sites for hydroxylation is 1. The van der Waals surface area contributed by atoms with Gasteiger partial charge in [0.2, 0.25) is 5.89 Å². The first-order chi connectivity index (χ1) is 10.2. The van der Waals surface area contributed by atoms with E-state index >= 15 is 0 Å². The van der Waals surface area contributed by atoms with Crippen molar-refractivity contribution < 1.29 is 4.52 Å². The molecule has 2 aliphatic heterocycles. The second kappa shape index (κ2) is 4.95. The minimum Gasteiger partial charge on any atom is -0.339 e. The van der Waals surface area contributed by atoms with Crippen molar-refractivity contribution in [2.24, 2.45) is 0 Å². The van der Waals surface area contributed by atoms with Gasteiger partial charge in [-0.3, -0.25) is 4.90 Å². The zero-order chi connectivity index (χ0) is 14.4. The highest BCUT2D eigenvalue weighted by molar-refractivity contribution is 5.27. The first kappa shape index (κ1) is 13.0. The van der Waals surface area contributed by atoms with Gasteiger partial charge < -0.3 is 4.52 Å². The number of hydrogen-bond donors (Lipinski definition) is 0. The quantitative estimate of drug-likeness (QED) is 0.849. The topological polar surface area (TPSA) is 42.2 Å². The Hall–Kier alpha value is -1.68. The van der Waals surface area contributed by atoms with Gasteiger partial charge in [0.15, 0.2) is 5.82 Å². The number of likely N-dealkylation sites (N-methyl/N-ethyl adjacent to an activating group) is 1. The van der Waals surface area contributed by atoms with Crippen molar-refractivity contribution in [1.29, 1.82) is 0 Å². The van der Waals surface area contributed by atoms with E-state index in [4.69, 9.17) is 4.52 Å². The molecule has 0 amide bonds. The Morgan fingerprint density at radius 2 is 2.00 bits per heavy atom. The van der Waals surface area contributed by atoms with Crippen molar-refractivity contribution in [2.45, 2.75) is 50.1 Å². The molecular weight excluding hydrogens is 262 g/mol. The van der Waals surface area contributed by atoms with E-state index in [-0.39, 0.29) is 0 Å². The Morgan fingerprint density at radius 1 is 1.19 bits per heavy atom. The van der Waals surface area contributed by atoms with E-state index in [0.29, 0.717) is 23.9 Å². The normalized spacial score (nSPS) is 32.5. The molecule has 2 saturated heterocycles. The molecule has 0 saturated carbocycles. The summed E-state index contributed by atoms with van der Waals surface area (Å²) >= 11 is 0. The van der Waals surface area contributed by atoms with Gasteiger partial charge in [0.25, 0.3) is 0 Å². The van der Waals surface area contributed by atoms with Gasteiger partial charge in [0, 0.05) is 12.1 Å². The van der Waals surface area contributed by atoms with E-state index in [9.17, 15) is 0 Å². The van der Waals surface area contributed by atoms with Gasteiger partial charge in [-0.2, -0.15) is 4.98 Å². The van der Waals surface area contributed by atoms with Gasteiger partial charge in [0.05, 0.1) is 5.92 Å². The van der Waals surface area contributed by atoms with Crippen molar-refractivity contribution in [3.8, 4) is 0 Å². The fraction of sp³-hybridized carbons (Fsp3) is 0.529. The summed E-state index contributed by atoms with van der Waals surface area (Å²) in [4.78, 5) is 7.09. The molecule has 3 heterocycles. The van der Waals surface area contributed by atoms with Crippen LogP contribution in [-0.4, -0.2) is 34.2 Å². The number of hydrogen-bond acceptors (Lipinski definition) is 4. The lowest BCUT2D eigenvalue weighted by Gasteiger charge is -2.41. The van der Waals surface area contributed by atoms with Gasteiger partial charge in [-0.1, -0.05) is 35.5 Å². The van der Waals surface area contributed by atoms with Crippen molar-refractivity contribution >= 4 is 0 Å². The smallest absolute Gasteiger partial charge is 0.231 e. The molecule has 2 aliphatic rings. The van der Waals surface area contributed by atoms with Crippen LogP contribution in [0.4, 0.5) is 0 Å². The zero-order valence-corrected chi connectivity index (χ0v) is 12.6. The number of benzene rings is 1. The van der Waals surface area contributed by atoms with Crippen LogP contribution >= 0.6 is 0 Å². The molecule has 2 bridgehead atoms. The van der Waals surface area contributed by atoms with Crippen molar-refractivity contribution in [1.82, 2.24) is 15.0 Å². The van der Waals surface area contributed by atoms with Gasteiger partial charge in [-0.15, -0.1) is 0 Å². The predicted octanol–water partition coefficient (Wildman–Crippen LogP) is 3.11. The molecule has 4 nitrogen and oxygen atoms in total. The minimum absolute atomic E-state index is 0.317. The summed E-state index contributed by atoms with van der Waals surface area (Å²) in [6.45, 7) is 1.90. The molecule has 0 unspecified atom stereocenters. The lowest BCUT2D eigenvalue weighted by Crippen LogP contribution is -2.44. The number of nitrogens with zero attached hydrogens (tertiary/aromatic N) is 3. The SMILES string of the molecule is Cc1noc([C@H]2[C@@H](c3ccccc3)C[C@H]3CC[C@@H]2N3C)n1. The lowest BCUT2D eigenvalue weighted by atomic mass is 9.76. The molecule has 1 aromatic carbocycles. The van der Waals surface area contributed by atoms with Gasteiger partial charge in [-0.05, 0) is 44.7 Å². The maximum absolute atomic E-state index is 5.57. The second-order valence-corrected chi connectivity index (χ2v) is 6.42. The van der Waals surface area contributed by atoms with Gasteiger partial charge in [-0.25, -0.2) is 0 Å². The number of fused-ring (bicyclic) bond motifs is 2.